The predicted octanol–water partition coefficient (Wildman–Crippen LogP) is 5.14. The molecule has 0 heterocycles. The Balaban J connectivity index is 1.63. The van der Waals surface area contributed by atoms with Crippen molar-refractivity contribution in [2.75, 3.05) is 7.11 Å². The Morgan fingerprint density at radius 1 is 0.848 bits per heavy atom. The third-order valence-corrected chi connectivity index (χ3v) is 5.13. The van der Waals surface area contributed by atoms with Crippen molar-refractivity contribution >= 4 is 28.9 Å². The van der Waals surface area contributed by atoms with E-state index in [1.807, 2.05) is 49.4 Å². The number of aryl methyl sites for hydroxylation is 1. The van der Waals surface area contributed by atoms with Gasteiger partial charge >= 0.3 is 5.97 Å². The molecule has 1 N–H and O–H groups in total. The van der Waals surface area contributed by atoms with Gasteiger partial charge in [0.1, 0.15) is 11.5 Å². The number of fused-ring (bicyclic) bond motifs is 1. The summed E-state index contributed by atoms with van der Waals surface area (Å²) in [5.41, 5.74) is 4.95. The molecular formula is C27H22N2O4. The Morgan fingerprint density at radius 3 is 2.36 bits per heavy atom. The van der Waals surface area contributed by atoms with Crippen LogP contribution in [-0.4, -0.2) is 25.2 Å². The molecule has 0 atom stereocenters. The van der Waals surface area contributed by atoms with E-state index in [9.17, 15) is 9.59 Å². The number of nitrogens with zero attached hydrogens (tertiary/aromatic N) is 1. The van der Waals surface area contributed by atoms with Gasteiger partial charge in [-0.15, -0.1) is 0 Å². The van der Waals surface area contributed by atoms with Gasteiger partial charge in [0.05, 0.1) is 24.5 Å². The normalized spacial score (nSPS) is 10.8. The van der Waals surface area contributed by atoms with Crippen LogP contribution in [0.25, 0.3) is 10.8 Å². The number of rotatable bonds is 6. The Hall–Kier alpha value is -4.45. The second-order valence-corrected chi connectivity index (χ2v) is 7.35. The minimum absolute atomic E-state index is 0.342. The Labute approximate surface area is 191 Å². The number of hydrogen-bond donors (Lipinski definition) is 1. The topological polar surface area (TPSA) is 77.0 Å². The molecule has 4 rings (SSSR count). The standard InChI is InChI=1S/C27H22N2O4/c1-18-11-13-20(14-12-18)27(31)33-25-16-15-19-7-3-4-8-21(19)23(25)17-28-29-26(30)22-9-5-6-10-24(22)32-2/h3-17H,1-2H3,(H,29,30)/b28-17-. The summed E-state index contributed by atoms with van der Waals surface area (Å²) in [4.78, 5) is 25.3. The van der Waals surface area contributed by atoms with Crippen molar-refractivity contribution in [2.45, 2.75) is 6.92 Å². The Morgan fingerprint density at radius 2 is 1.58 bits per heavy atom. The third-order valence-electron chi connectivity index (χ3n) is 5.13. The van der Waals surface area contributed by atoms with Gasteiger partial charge in [-0.05, 0) is 48.0 Å². The number of carbonyl (C=O) groups excluding carboxylic acids is 2. The number of esters is 1. The molecule has 4 aromatic carbocycles. The number of amides is 1. The Bertz CT molecular complexity index is 1340. The lowest BCUT2D eigenvalue weighted by Gasteiger charge is -2.11. The van der Waals surface area contributed by atoms with Crippen molar-refractivity contribution < 1.29 is 19.1 Å². The maximum Gasteiger partial charge on any atom is 0.343 e. The first-order valence-electron chi connectivity index (χ1n) is 10.3. The number of hydrazone groups is 1. The summed E-state index contributed by atoms with van der Waals surface area (Å²) >= 11 is 0. The fourth-order valence-electron chi connectivity index (χ4n) is 3.39. The highest BCUT2D eigenvalue weighted by Gasteiger charge is 2.14. The van der Waals surface area contributed by atoms with E-state index in [1.165, 1.54) is 13.3 Å². The van der Waals surface area contributed by atoms with Crippen LogP contribution in [0.4, 0.5) is 0 Å². The lowest BCUT2D eigenvalue weighted by molar-refractivity contribution is 0.0734. The van der Waals surface area contributed by atoms with Crippen LogP contribution in [0.1, 0.15) is 31.8 Å². The zero-order chi connectivity index (χ0) is 23.2. The van der Waals surface area contributed by atoms with Crippen molar-refractivity contribution in [3.8, 4) is 11.5 Å². The molecule has 0 unspecified atom stereocenters. The van der Waals surface area contributed by atoms with E-state index >= 15 is 0 Å². The van der Waals surface area contributed by atoms with Gasteiger partial charge in [0.25, 0.3) is 5.91 Å². The average molecular weight is 438 g/mol. The van der Waals surface area contributed by atoms with E-state index in [0.717, 1.165) is 16.3 Å². The second kappa shape index (κ2) is 9.78. The average Bonchev–Trinajstić information content (AvgIpc) is 2.85. The first-order valence-corrected chi connectivity index (χ1v) is 10.3. The molecule has 0 aliphatic rings. The van der Waals surface area contributed by atoms with Gasteiger partial charge in [-0.3, -0.25) is 4.79 Å². The Kier molecular flexibility index (Phi) is 6.45. The van der Waals surface area contributed by atoms with Gasteiger partial charge < -0.3 is 9.47 Å². The molecule has 0 aliphatic carbocycles. The maximum atomic E-state index is 12.7. The van der Waals surface area contributed by atoms with E-state index < -0.39 is 11.9 Å². The lowest BCUT2D eigenvalue weighted by Crippen LogP contribution is -2.18. The zero-order valence-electron chi connectivity index (χ0n) is 18.2. The van der Waals surface area contributed by atoms with Crippen molar-refractivity contribution in [3.05, 3.63) is 107 Å². The molecule has 0 bridgehead atoms. The van der Waals surface area contributed by atoms with E-state index in [2.05, 4.69) is 10.5 Å². The van der Waals surface area contributed by atoms with Gasteiger partial charge in [-0.2, -0.15) is 5.10 Å². The number of nitrogens with one attached hydrogen (secondary N) is 1. The number of methoxy groups -OCH3 is 1. The van der Waals surface area contributed by atoms with E-state index in [0.29, 0.717) is 28.2 Å². The van der Waals surface area contributed by atoms with Gasteiger partial charge in [0.15, 0.2) is 0 Å². The summed E-state index contributed by atoms with van der Waals surface area (Å²) in [5, 5.41) is 5.91. The summed E-state index contributed by atoms with van der Waals surface area (Å²) in [6, 6.07) is 25.3. The molecular weight excluding hydrogens is 416 g/mol. The van der Waals surface area contributed by atoms with Crippen LogP contribution in [0.3, 0.4) is 0 Å². The highest BCUT2D eigenvalue weighted by atomic mass is 16.5. The number of benzene rings is 4. The number of ether oxygens (including phenoxy) is 2. The summed E-state index contributed by atoms with van der Waals surface area (Å²) in [6.45, 7) is 1.95. The molecule has 6 heteroatoms. The van der Waals surface area contributed by atoms with Gasteiger partial charge in [-0.25, -0.2) is 10.2 Å². The van der Waals surface area contributed by atoms with Crippen LogP contribution in [0.5, 0.6) is 11.5 Å². The molecule has 0 saturated heterocycles. The highest BCUT2D eigenvalue weighted by Crippen LogP contribution is 2.27. The van der Waals surface area contributed by atoms with Crippen molar-refractivity contribution in [1.82, 2.24) is 5.43 Å². The predicted molar refractivity (Wildman–Crippen MR) is 128 cm³/mol. The van der Waals surface area contributed by atoms with Gasteiger partial charge in [0, 0.05) is 5.56 Å². The quantitative estimate of drug-likeness (QED) is 0.196. The summed E-state index contributed by atoms with van der Waals surface area (Å²) in [5.74, 6) is -0.0993. The third kappa shape index (κ3) is 4.91. The molecule has 0 aliphatic heterocycles. The van der Waals surface area contributed by atoms with Crippen molar-refractivity contribution in [2.24, 2.45) is 5.10 Å². The minimum atomic E-state index is -0.474. The lowest BCUT2D eigenvalue weighted by atomic mass is 10.0. The van der Waals surface area contributed by atoms with Crippen molar-refractivity contribution in [3.63, 3.8) is 0 Å². The molecule has 1 amide bonds. The van der Waals surface area contributed by atoms with Crippen molar-refractivity contribution in [1.29, 1.82) is 0 Å². The minimum Gasteiger partial charge on any atom is -0.496 e. The SMILES string of the molecule is COc1ccccc1C(=O)N/N=C\c1c(OC(=O)c2ccc(C)cc2)ccc2ccccc12. The molecule has 33 heavy (non-hydrogen) atoms. The van der Waals surface area contributed by atoms with E-state index in [-0.39, 0.29) is 0 Å². The van der Waals surface area contributed by atoms with Gasteiger partial charge in [0.2, 0.25) is 0 Å². The fraction of sp³-hybridized carbons (Fsp3) is 0.0741. The first kappa shape index (κ1) is 21.8. The van der Waals surface area contributed by atoms with Crippen LogP contribution in [0.15, 0.2) is 90.0 Å². The second-order valence-electron chi connectivity index (χ2n) is 7.35. The zero-order valence-corrected chi connectivity index (χ0v) is 18.2. The first-order chi connectivity index (χ1) is 16.1. The van der Waals surface area contributed by atoms with Crippen LogP contribution in [-0.2, 0) is 0 Å². The molecule has 4 aromatic rings. The molecule has 0 saturated carbocycles. The molecule has 0 aromatic heterocycles. The van der Waals surface area contributed by atoms with Crippen LogP contribution in [0.2, 0.25) is 0 Å². The summed E-state index contributed by atoms with van der Waals surface area (Å²) < 4.78 is 10.9. The summed E-state index contributed by atoms with van der Waals surface area (Å²) in [6.07, 6.45) is 1.48. The number of hydrogen-bond acceptors (Lipinski definition) is 5. The largest absolute Gasteiger partial charge is 0.496 e. The molecule has 0 radical (unpaired) electrons. The molecule has 6 nitrogen and oxygen atoms in total. The van der Waals surface area contributed by atoms with Crippen LogP contribution in [0, 0.1) is 6.92 Å². The fourth-order valence-corrected chi connectivity index (χ4v) is 3.39. The number of carbonyl (C=O) groups is 2. The monoisotopic (exact) mass is 438 g/mol. The molecule has 0 spiro atoms. The van der Waals surface area contributed by atoms with Gasteiger partial charge in [-0.1, -0.05) is 60.2 Å². The smallest absolute Gasteiger partial charge is 0.343 e. The number of para-hydroxylation sites is 1. The van der Waals surface area contributed by atoms with Crippen LogP contribution >= 0.6 is 0 Å². The molecule has 164 valence electrons. The summed E-state index contributed by atoms with van der Waals surface area (Å²) in [7, 11) is 1.50. The highest BCUT2D eigenvalue weighted by molar-refractivity contribution is 6.04. The van der Waals surface area contributed by atoms with E-state index in [1.54, 1.807) is 42.5 Å². The molecule has 0 fully saturated rings. The van der Waals surface area contributed by atoms with E-state index in [4.69, 9.17) is 9.47 Å². The van der Waals surface area contributed by atoms with Crippen LogP contribution < -0.4 is 14.9 Å². The maximum absolute atomic E-state index is 12.7.